The Morgan fingerprint density at radius 1 is 1.12 bits per heavy atom. The molecule has 42 heavy (non-hydrogen) atoms. The molecule has 1 unspecified atom stereocenters. The van der Waals surface area contributed by atoms with E-state index in [1.807, 2.05) is 24.2 Å². The number of carbonyl (C=O) groups is 1. The normalized spacial score (nSPS) is 14.2. The van der Waals surface area contributed by atoms with Crippen molar-refractivity contribution in [1.82, 2.24) is 9.29 Å². The minimum absolute atomic E-state index is 0.0471. The number of nitriles is 1. The molecule has 2 aromatic carbocycles. The van der Waals surface area contributed by atoms with Crippen LogP contribution in [0.4, 0.5) is 23.2 Å². The molecule has 0 aliphatic heterocycles. The van der Waals surface area contributed by atoms with Crippen LogP contribution in [-0.4, -0.2) is 39.9 Å². The van der Waals surface area contributed by atoms with Crippen molar-refractivity contribution in [3.8, 4) is 6.07 Å². The first-order valence-corrected chi connectivity index (χ1v) is 14.8. The van der Waals surface area contributed by atoms with Crippen LogP contribution in [0, 0.1) is 23.0 Å². The third kappa shape index (κ3) is 8.94. The van der Waals surface area contributed by atoms with Gasteiger partial charge in [-0.1, -0.05) is 44.4 Å². The number of hydrogen-bond donors (Lipinski definition) is 0. The van der Waals surface area contributed by atoms with Crippen LogP contribution in [0.15, 0.2) is 59.6 Å². The lowest BCUT2D eigenvalue weighted by atomic mass is 9.85. The molecule has 3 aromatic rings. The van der Waals surface area contributed by atoms with Crippen LogP contribution in [0.3, 0.4) is 0 Å². The number of hydrogen-bond acceptors (Lipinski definition) is 5. The molecule has 6 nitrogen and oxygen atoms in total. The van der Waals surface area contributed by atoms with Gasteiger partial charge in [0.2, 0.25) is 0 Å². The summed E-state index contributed by atoms with van der Waals surface area (Å²) < 4.78 is 65.2. The van der Waals surface area contributed by atoms with Gasteiger partial charge in [0.05, 0.1) is 29.2 Å². The molecule has 224 valence electrons. The molecular formula is C31H34F4N4O2S. The second-order valence-corrected chi connectivity index (χ2v) is 11.4. The number of halogens is 4. The molecular weight excluding hydrogens is 568 g/mol. The Kier molecular flexibility index (Phi) is 12.6. The molecule has 1 saturated carbocycles. The number of likely N-dealkylation sites (N-methyl/N-ethyl adjacent to an activating group) is 1. The van der Waals surface area contributed by atoms with Crippen molar-refractivity contribution in [2.45, 2.75) is 62.8 Å². The summed E-state index contributed by atoms with van der Waals surface area (Å²) >= 11 is 0. The Balaban J connectivity index is 0.000000241. The molecule has 1 aliphatic carbocycles. The third-order valence-electron chi connectivity index (χ3n) is 7.08. The van der Waals surface area contributed by atoms with Gasteiger partial charge >= 0.3 is 0 Å². The van der Waals surface area contributed by atoms with E-state index in [0.717, 1.165) is 23.5 Å². The predicted molar refractivity (Wildman–Crippen MR) is 154 cm³/mol. The summed E-state index contributed by atoms with van der Waals surface area (Å²) in [4.78, 5) is 16.9. The molecule has 4 rings (SSSR count). The molecule has 0 N–H and O–H groups in total. The lowest BCUT2D eigenvalue weighted by molar-refractivity contribution is -0.108. The lowest BCUT2D eigenvalue weighted by Gasteiger charge is -2.22. The number of aldehydes is 1. The third-order valence-corrected chi connectivity index (χ3v) is 8.59. The summed E-state index contributed by atoms with van der Waals surface area (Å²) in [6.07, 6.45) is 6.63. The Hall–Kier alpha value is -3.62. The Labute approximate surface area is 246 Å². The average molecular weight is 603 g/mol. The second-order valence-electron chi connectivity index (χ2n) is 9.94. The highest BCUT2D eigenvalue weighted by Crippen LogP contribution is 2.32. The maximum absolute atomic E-state index is 13.2. The van der Waals surface area contributed by atoms with E-state index in [-0.39, 0.29) is 17.0 Å². The first-order valence-electron chi connectivity index (χ1n) is 13.7. The highest BCUT2D eigenvalue weighted by molar-refractivity contribution is 7.82. The molecule has 1 atom stereocenters. The smallest absolute Gasteiger partial charge is 0.263 e. The number of alkyl halides is 2. The van der Waals surface area contributed by atoms with Crippen LogP contribution < -0.4 is 4.90 Å². The molecule has 0 spiro atoms. The fourth-order valence-corrected chi connectivity index (χ4v) is 5.88. The second kappa shape index (κ2) is 16.1. The molecule has 0 bridgehead atoms. The van der Waals surface area contributed by atoms with E-state index >= 15 is 0 Å². The van der Waals surface area contributed by atoms with E-state index in [1.54, 1.807) is 19.1 Å². The van der Waals surface area contributed by atoms with Gasteiger partial charge in [-0.2, -0.15) is 5.26 Å². The molecule has 11 heteroatoms. The summed E-state index contributed by atoms with van der Waals surface area (Å²) in [5, 5.41) is 8.62. The maximum Gasteiger partial charge on any atom is 0.263 e. The number of benzene rings is 2. The summed E-state index contributed by atoms with van der Waals surface area (Å²) in [6.45, 7) is 2.49. The van der Waals surface area contributed by atoms with Crippen LogP contribution in [0.1, 0.15) is 73.8 Å². The minimum atomic E-state index is -2.44. The summed E-state index contributed by atoms with van der Waals surface area (Å²) in [5.41, 5.74) is 2.62. The monoisotopic (exact) mass is 602 g/mol. The fraction of sp³-hybridized carbons (Fsp3) is 0.387. The van der Waals surface area contributed by atoms with E-state index in [4.69, 9.17) is 5.26 Å². The average Bonchev–Trinajstić information content (AvgIpc) is 3.02. The maximum atomic E-state index is 13.2. The van der Waals surface area contributed by atoms with Crippen molar-refractivity contribution in [2.24, 2.45) is 0 Å². The molecule has 1 aromatic heterocycles. The van der Waals surface area contributed by atoms with E-state index in [0.29, 0.717) is 25.3 Å². The van der Waals surface area contributed by atoms with Crippen LogP contribution in [0.25, 0.3) is 0 Å². The topological polar surface area (TPSA) is 77.3 Å². The summed E-state index contributed by atoms with van der Waals surface area (Å²) in [6, 6.07) is 14.0. The van der Waals surface area contributed by atoms with Gasteiger partial charge in [0.1, 0.15) is 23.3 Å². The zero-order valence-electron chi connectivity index (χ0n) is 23.6. The Morgan fingerprint density at radius 2 is 1.86 bits per heavy atom. The Bertz CT molecular complexity index is 1390. The number of carbonyl (C=O) groups excluding carboxylic acids is 1. The molecule has 1 fully saturated rings. The highest BCUT2D eigenvalue weighted by Gasteiger charge is 2.19. The van der Waals surface area contributed by atoms with Gasteiger partial charge in [0.25, 0.3) is 6.43 Å². The van der Waals surface area contributed by atoms with E-state index in [1.165, 1.54) is 54.1 Å². The Morgan fingerprint density at radius 3 is 2.45 bits per heavy atom. The van der Waals surface area contributed by atoms with Gasteiger partial charge in [-0.25, -0.2) is 26.1 Å². The zero-order chi connectivity index (χ0) is 30.6. The number of anilines is 1. The van der Waals surface area contributed by atoms with Gasteiger partial charge in [0, 0.05) is 31.0 Å². The van der Waals surface area contributed by atoms with Crippen molar-refractivity contribution in [1.29, 1.82) is 5.26 Å². The van der Waals surface area contributed by atoms with Gasteiger partial charge < -0.3 is 9.69 Å². The molecule has 1 aliphatic rings. The minimum Gasteiger partial charge on any atom is -0.369 e. The van der Waals surface area contributed by atoms with Gasteiger partial charge in [-0.15, -0.1) is 0 Å². The van der Waals surface area contributed by atoms with Crippen LogP contribution in [-0.2, 0) is 22.3 Å². The summed E-state index contributed by atoms with van der Waals surface area (Å²) in [7, 11) is 0.0969. The van der Waals surface area contributed by atoms with Gasteiger partial charge in [-0.05, 0) is 54.7 Å². The number of nitrogens with zero attached hydrogens (tertiary/aromatic N) is 4. The van der Waals surface area contributed by atoms with E-state index in [9.17, 15) is 26.6 Å². The van der Waals surface area contributed by atoms with Gasteiger partial charge in [-0.3, -0.25) is 4.98 Å². The predicted octanol–water partition coefficient (Wildman–Crippen LogP) is 7.08. The number of rotatable bonds is 10. The van der Waals surface area contributed by atoms with E-state index in [2.05, 4.69) is 17.1 Å². The highest BCUT2D eigenvalue weighted by atomic mass is 32.2. The quantitative estimate of drug-likeness (QED) is 0.183. The number of pyridine rings is 1. The van der Waals surface area contributed by atoms with E-state index < -0.39 is 34.6 Å². The first kappa shape index (κ1) is 32.9. The molecule has 1 heterocycles. The van der Waals surface area contributed by atoms with Crippen LogP contribution in [0.2, 0.25) is 0 Å². The fourth-order valence-electron chi connectivity index (χ4n) is 4.73. The molecule has 0 amide bonds. The van der Waals surface area contributed by atoms with Crippen molar-refractivity contribution in [3.63, 3.8) is 0 Å². The largest absolute Gasteiger partial charge is 0.369 e. The van der Waals surface area contributed by atoms with Crippen LogP contribution >= 0.6 is 0 Å². The standard InChI is InChI=1S/C20H24F2N2.C11H10F2N2O2S/c1-24(19-9-5-8-16(12-19)20(21)22)14-18-11-10-17(13-23-18)15-6-3-2-4-7-15;1-2-15(3-4-16)18(17)9-5-8(7-14)11(13)10(12)6-9/h5,8-13,15,20H,2-4,6-7,14H2,1H3;4-6H,2-3H2,1H3. The van der Waals surface area contributed by atoms with Crippen molar-refractivity contribution in [3.05, 3.63) is 88.7 Å². The summed E-state index contributed by atoms with van der Waals surface area (Å²) in [5.74, 6) is -1.85. The zero-order valence-corrected chi connectivity index (χ0v) is 24.4. The van der Waals surface area contributed by atoms with Crippen LogP contribution in [0.5, 0.6) is 0 Å². The SMILES string of the molecule is CCN(CC=O)S(=O)c1cc(F)c(F)c(C#N)c1.CN(Cc1ccc(C2CCCCC2)cn1)c1cccc(C(F)F)c1. The first-order chi connectivity index (χ1) is 20.2. The van der Waals surface area contributed by atoms with Gasteiger partial charge in [0.15, 0.2) is 11.6 Å². The van der Waals surface area contributed by atoms with Crippen molar-refractivity contribution < 1.29 is 26.6 Å². The van der Waals surface area contributed by atoms with Crippen molar-refractivity contribution >= 4 is 23.0 Å². The number of aromatic nitrogens is 1. The molecule has 0 saturated heterocycles. The molecule has 0 radical (unpaired) electrons. The van der Waals surface area contributed by atoms with Crippen molar-refractivity contribution in [2.75, 3.05) is 25.0 Å². The lowest BCUT2D eigenvalue weighted by Crippen LogP contribution is -2.27.